The third-order valence-electron chi connectivity index (χ3n) is 6.36. The molecule has 1 aliphatic carbocycles. The van der Waals surface area contributed by atoms with E-state index in [9.17, 15) is 14.4 Å². The third-order valence-corrected chi connectivity index (χ3v) is 6.36. The second-order valence-corrected chi connectivity index (χ2v) is 8.66. The topological polar surface area (TPSA) is 72.9 Å². The van der Waals surface area contributed by atoms with Gasteiger partial charge in [-0.1, -0.05) is 13.8 Å². The summed E-state index contributed by atoms with van der Waals surface area (Å²) < 4.78 is 10.8. The third kappa shape index (κ3) is 2.42. The van der Waals surface area contributed by atoms with Gasteiger partial charge in [0.15, 0.2) is 11.5 Å². The minimum Gasteiger partial charge on any atom is -0.493 e. The summed E-state index contributed by atoms with van der Waals surface area (Å²) in [5, 5.41) is 0. The van der Waals surface area contributed by atoms with E-state index in [4.69, 9.17) is 9.47 Å². The molecule has 1 saturated heterocycles. The number of ether oxygens (including phenoxy) is 2. The molecular formula is C21H25NO5. The van der Waals surface area contributed by atoms with Gasteiger partial charge in [-0.05, 0) is 35.1 Å². The van der Waals surface area contributed by atoms with Crippen LogP contribution in [0.5, 0.6) is 11.5 Å². The SMILES string of the molecule is COc1cc2c(cc1OC)C1N(CC2)C(=O)CC12C(=O)CC(C)(C)CC2=O. The number of methoxy groups -OCH3 is 2. The smallest absolute Gasteiger partial charge is 0.224 e. The number of hydrogen-bond donors (Lipinski definition) is 0. The molecule has 4 rings (SSSR count). The molecule has 1 atom stereocenters. The second-order valence-electron chi connectivity index (χ2n) is 8.66. The van der Waals surface area contributed by atoms with Gasteiger partial charge >= 0.3 is 0 Å². The lowest BCUT2D eigenvalue weighted by atomic mass is 9.59. The van der Waals surface area contributed by atoms with Crippen molar-refractivity contribution >= 4 is 17.5 Å². The van der Waals surface area contributed by atoms with E-state index in [1.54, 1.807) is 19.1 Å². The highest BCUT2D eigenvalue weighted by atomic mass is 16.5. The zero-order valence-electron chi connectivity index (χ0n) is 16.3. The van der Waals surface area contributed by atoms with Crippen molar-refractivity contribution in [3.63, 3.8) is 0 Å². The maximum atomic E-state index is 13.3. The summed E-state index contributed by atoms with van der Waals surface area (Å²) >= 11 is 0. The van der Waals surface area contributed by atoms with Crippen LogP contribution in [0.25, 0.3) is 0 Å². The van der Waals surface area contributed by atoms with Crippen molar-refractivity contribution < 1.29 is 23.9 Å². The Morgan fingerprint density at radius 1 is 0.963 bits per heavy atom. The van der Waals surface area contributed by atoms with Crippen LogP contribution in [0.15, 0.2) is 12.1 Å². The number of ketones is 2. The number of nitrogens with zero attached hydrogens (tertiary/aromatic N) is 1. The number of fused-ring (bicyclic) bond motifs is 4. The molecule has 2 heterocycles. The Kier molecular flexibility index (Phi) is 3.88. The van der Waals surface area contributed by atoms with Gasteiger partial charge in [-0.2, -0.15) is 0 Å². The molecule has 0 radical (unpaired) electrons. The van der Waals surface area contributed by atoms with Crippen molar-refractivity contribution in [2.45, 2.75) is 45.6 Å². The molecule has 27 heavy (non-hydrogen) atoms. The molecule has 144 valence electrons. The van der Waals surface area contributed by atoms with Gasteiger partial charge in [0.25, 0.3) is 0 Å². The molecule has 0 aromatic heterocycles. The van der Waals surface area contributed by atoms with Crippen LogP contribution in [-0.2, 0) is 20.8 Å². The molecule has 0 N–H and O–H groups in total. The number of benzene rings is 1. The highest BCUT2D eigenvalue weighted by molar-refractivity contribution is 6.14. The maximum Gasteiger partial charge on any atom is 0.224 e. The zero-order chi connectivity index (χ0) is 19.6. The van der Waals surface area contributed by atoms with Crippen LogP contribution in [0.4, 0.5) is 0 Å². The summed E-state index contributed by atoms with van der Waals surface area (Å²) in [5.74, 6) is 0.843. The quantitative estimate of drug-likeness (QED) is 0.747. The molecule has 1 unspecified atom stereocenters. The molecule has 6 nitrogen and oxygen atoms in total. The number of Topliss-reactive ketones (excluding diaryl/α,β-unsaturated/α-hetero) is 2. The van der Waals surface area contributed by atoms with Crippen molar-refractivity contribution in [2.75, 3.05) is 20.8 Å². The number of amides is 1. The number of carbonyl (C=O) groups excluding carboxylic acids is 3. The Morgan fingerprint density at radius 3 is 2.15 bits per heavy atom. The lowest BCUT2D eigenvalue weighted by Gasteiger charge is -2.44. The van der Waals surface area contributed by atoms with E-state index >= 15 is 0 Å². The van der Waals surface area contributed by atoms with Gasteiger partial charge in [0.2, 0.25) is 5.91 Å². The molecule has 1 aromatic rings. The Bertz CT molecular complexity index is 836. The van der Waals surface area contributed by atoms with E-state index in [0.717, 1.165) is 11.1 Å². The fraction of sp³-hybridized carbons (Fsp3) is 0.571. The average molecular weight is 371 g/mol. The van der Waals surface area contributed by atoms with Crippen molar-refractivity contribution in [2.24, 2.45) is 10.8 Å². The van der Waals surface area contributed by atoms with Crippen molar-refractivity contribution in [3.05, 3.63) is 23.3 Å². The van der Waals surface area contributed by atoms with Crippen LogP contribution in [0.2, 0.25) is 0 Å². The van der Waals surface area contributed by atoms with Crippen LogP contribution in [-0.4, -0.2) is 43.1 Å². The predicted octanol–water partition coefficient (Wildman–Crippen LogP) is 2.48. The summed E-state index contributed by atoms with van der Waals surface area (Å²) in [6.07, 6.45) is 1.29. The zero-order valence-corrected chi connectivity index (χ0v) is 16.3. The van der Waals surface area contributed by atoms with E-state index < -0.39 is 11.5 Å². The number of carbonyl (C=O) groups is 3. The average Bonchev–Trinajstić information content (AvgIpc) is 2.92. The van der Waals surface area contributed by atoms with E-state index in [1.165, 1.54) is 0 Å². The Balaban J connectivity index is 1.90. The highest BCUT2D eigenvalue weighted by Gasteiger charge is 2.64. The summed E-state index contributed by atoms with van der Waals surface area (Å²) in [6, 6.07) is 3.21. The maximum absolute atomic E-state index is 13.3. The molecule has 1 aromatic carbocycles. The minimum absolute atomic E-state index is 0.0147. The van der Waals surface area contributed by atoms with Crippen LogP contribution in [0, 0.1) is 10.8 Å². The Hall–Kier alpha value is -2.37. The monoisotopic (exact) mass is 371 g/mol. The summed E-state index contributed by atoms with van der Waals surface area (Å²) in [6.45, 7) is 4.39. The van der Waals surface area contributed by atoms with Gasteiger partial charge in [-0.25, -0.2) is 0 Å². The van der Waals surface area contributed by atoms with E-state index in [-0.39, 0.29) is 29.3 Å². The largest absolute Gasteiger partial charge is 0.493 e. The van der Waals surface area contributed by atoms with Gasteiger partial charge in [0, 0.05) is 25.8 Å². The molecule has 2 aliphatic heterocycles. The van der Waals surface area contributed by atoms with Crippen molar-refractivity contribution in [1.29, 1.82) is 0 Å². The number of rotatable bonds is 2. The summed E-state index contributed by atoms with van der Waals surface area (Å²) in [4.78, 5) is 41.1. The predicted molar refractivity (Wildman–Crippen MR) is 97.8 cm³/mol. The van der Waals surface area contributed by atoms with Crippen LogP contribution >= 0.6 is 0 Å². The minimum atomic E-state index is -1.26. The molecule has 6 heteroatoms. The van der Waals surface area contributed by atoms with E-state index in [1.807, 2.05) is 26.0 Å². The van der Waals surface area contributed by atoms with E-state index in [2.05, 4.69) is 0 Å². The van der Waals surface area contributed by atoms with Gasteiger partial charge in [0.1, 0.15) is 17.0 Å². The first-order valence-corrected chi connectivity index (χ1v) is 9.34. The first-order chi connectivity index (χ1) is 12.7. The van der Waals surface area contributed by atoms with Crippen molar-refractivity contribution in [1.82, 2.24) is 4.90 Å². The second kappa shape index (κ2) is 5.81. The van der Waals surface area contributed by atoms with Crippen LogP contribution in [0.3, 0.4) is 0 Å². The van der Waals surface area contributed by atoms with Gasteiger partial charge in [0.05, 0.1) is 20.3 Å². The Labute approximate surface area is 158 Å². The van der Waals surface area contributed by atoms with Gasteiger partial charge < -0.3 is 14.4 Å². The lowest BCUT2D eigenvalue weighted by Crippen LogP contribution is -2.52. The lowest BCUT2D eigenvalue weighted by molar-refractivity contribution is -0.150. The first kappa shape index (κ1) is 18.0. The molecule has 2 fully saturated rings. The first-order valence-electron chi connectivity index (χ1n) is 9.34. The van der Waals surface area contributed by atoms with E-state index in [0.29, 0.717) is 37.3 Å². The molecule has 1 saturated carbocycles. The molecule has 1 amide bonds. The molecule has 1 spiro atoms. The molecule has 3 aliphatic rings. The normalized spacial score (nSPS) is 25.4. The van der Waals surface area contributed by atoms with Gasteiger partial charge in [-0.15, -0.1) is 0 Å². The van der Waals surface area contributed by atoms with Crippen LogP contribution < -0.4 is 9.47 Å². The fourth-order valence-corrected chi connectivity index (χ4v) is 5.09. The number of hydrogen-bond acceptors (Lipinski definition) is 5. The standard InChI is InChI=1S/C21H25NO5/c1-20(2)9-16(23)21(17(24)10-20)11-18(25)22-6-5-12-7-14(26-3)15(27-4)8-13(12)19(21)22/h7-8,19H,5-6,9-11H2,1-4H3. The molecule has 0 bridgehead atoms. The Morgan fingerprint density at radius 2 is 1.56 bits per heavy atom. The van der Waals surface area contributed by atoms with Crippen molar-refractivity contribution in [3.8, 4) is 11.5 Å². The van der Waals surface area contributed by atoms with Gasteiger partial charge in [-0.3, -0.25) is 14.4 Å². The molecular weight excluding hydrogens is 346 g/mol. The summed E-state index contributed by atoms with van der Waals surface area (Å²) in [7, 11) is 3.13. The fourth-order valence-electron chi connectivity index (χ4n) is 5.09. The van der Waals surface area contributed by atoms with Crippen LogP contribution in [0.1, 0.15) is 50.3 Å². The summed E-state index contributed by atoms with van der Waals surface area (Å²) in [5.41, 5.74) is 0.228. The highest BCUT2D eigenvalue weighted by Crippen LogP contribution is 2.57.